The molecule has 0 radical (unpaired) electrons. The van der Waals surface area contributed by atoms with Gasteiger partial charge in [0.1, 0.15) is 5.82 Å². The van der Waals surface area contributed by atoms with Gasteiger partial charge in [-0.2, -0.15) is 0 Å². The average molecular weight is 486 g/mol. The summed E-state index contributed by atoms with van der Waals surface area (Å²) >= 11 is 0. The second-order valence-electron chi connectivity index (χ2n) is 9.69. The lowest BCUT2D eigenvalue weighted by Gasteiger charge is -2.26. The third-order valence-corrected chi connectivity index (χ3v) is 6.15. The topological polar surface area (TPSA) is 73.6 Å². The standard InChI is InChI=1S/C30H39N5O/c1-7-23(20-35(5)6)24-11-9-12-25(16-24)29-33-19-28(26(18-31-4)14-21(2)3)30(34-29)32-17-22-10-8-13-27(36)15-22/h7,9,11-12,14,16,18-20,22,27,36H,1-2,8,10,13,15,17H2,3-6H3,(H,32,33,34)/b23-20+,26-14+,31-18?. The highest BCUT2D eigenvalue weighted by Crippen LogP contribution is 2.29. The van der Waals surface area contributed by atoms with Crippen molar-refractivity contribution >= 4 is 23.2 Å². The summed E-state index contributed by atoms with van der Waals surface area (Å²) in [4.78, 5) is 16.0. The normalized spacial score (nSPS) is 18.8. The Morgan fingerprint density at radius 1 is 1.28 bits per heavy atom. The largest absolute Gasteiger partial charge is 0.393 e. The lowest BCUT2D eigenvalue weighted by molar-refractivity contribution is 0.104. The van der Waals surface area contributed by atoms with Crippen LogP contribution in [-0.4, -0.2) is 60.0 Å². The van der Waals surface area contributed by atoms with Gasteiger partial charge in [0.05, 0.1) is 6.10 Å². The van der Waals surface area contributed by atoms with Crippen LogP contribution in [0.5, 0.6) is 0 Å². The van der Waals surface area contributed by atoms with Crippen LogP contribution in [0.2, 0.25) is 0 Å². The van der Waals surface area contributed by atoms with Gasteiger partial charge in [0.15, 0.2) is 5.82 Å². The maximum atomic E-state index is 10.1. The molecular formula is C30H39N5O. The van der Waals surface area contributed by atoms with Gasteiger partial charge in [-0.25, -0.2) is 9.97 Å². The summed E-state index contributed by atoms with van der Waals surface area (Å²) in [5.74, 6) is 1.80. The Balaban J connectivity index is 2.02. The third kappa shape index (κ3) is 7.49. The Labute approximate surface area is 215 Å². The van der Waals surface area contributed by atoms with Crippen LogP contribution >= 0.6 is 0 Å². The van der Waals surface area contributed by atoms with Crippen molar-refractivity contribution < 1.29 is 5.11 Å². The predicted molar refractivity (Wildman–Crippen MR) is 153 cm³/mol. The molecule has 1 saturated carbocycles. The second-order valence-corrected chi connectivity index (χ2v) is 9.69. The van der Waals surface area contributed by atoms with Gasteiger partial charge in [0.2, 0.25) is 0 Å². The van der Waals surface area contributed by atoms with Crippen molar-refractivity contribution in [2.45, 2.75) is 38.7 Å². The van der Waals surface area contributed by atoms with Gasteiger partial charge in [-0.1, -0.05) is 55.5 Å². The van der Waals surface area contributed by atoms with E-state index in [1.807, 2.05) is 68.8 Å². The van der Waals surface area contributed by atoms with Crippen molar-refractivity contribution in [3.8, 4) is 11.4 Å². The number of hydrogen-bond donors (Lipinski definition) is 2. The van der Waals surface area contributed by atoms with E-state index in [-0.39, 0.29) is 6.10 Å². The third-order valence-electron chi connectivity index (χ3n) is 6.15. The number of allylic oxidation sites excluding steroid dienone is 5. The van der Waals surface area contributed by atoms with E-state index < -0.39 is 0 Å². The van der Waals surface area contributed by atoms with Crippen molar-refractivity contribution in [1.29, 1.82) is 0 Å². The first kappa shape index (κ1) is 27.1. The average Bonchev–Trinajstić information content (AvgIpc) is 2.85. The number of aromatic nitrogens is 2. The van der Waals surface area contributed by atoms with E-state index in [0.29, 0.717) is 11.7 Å². The summed E-state index contributed by atoms with van der Waals surface area (Å²) in [6.07, 6.45) is 13.2. The van der Waals surface area contributed by atoms with E-state index in [4.69, 9.17) is 9.97 Å². The molecule has 0 bridgehead atoms. The van der Waals surface area contributed by atoms with E-state index in [2.05, 4.69) is 35.6 Å². The van der Waals surface area contributed by atoms with Gasteiger partial charge >= 0.3 is 0 Å². The summed E-state index contributed by atoms with van der Waals surface area (Å²) < 4.78 is 0. The quantitative estimate of drug-likeness (QED) is 0.326. The second kappa shape index (κ2) is 13.0. The van der Waals surface area contributed by atoms with Crippen LogP contribution in [0.4, 0.5) is 5.82 Å². The molecule has 1 aliphatic rings. The fraction of sp³-hybridized carbons (Fsp3) is 0.367. The zero-order valence-corrected chi connectivity index (χ0v) is 22.0. The molecule has 0 spiro atoms. The van der Waals surface area contributed by atoms with Gasteiger partial charge in [-0.05, 0) is 49.3 Å². The van der Waals surface area contributed by atoms with Gasteiger partial charge in [0, 0.05) is 63.0 Å². The minimum Gasteiger partial charge on any atom is -0.393 e. The molecule has 1 aromatic carbocycles. The van der Waals surface area contributed by atoms with Crippen molar-refractivity contribution in [3.63, 3.8) is 0 Å². The molecule has 1 heterocycles. The first-order valence-corrected chi connectivity index (χ1v) is 12.5. The van der Waals surface area contributed by atoms with Crippen LogP contribution in [0.1, 0.15) is 43.7 Å². The Bertz CT molecular complexity index is 1160. The molecule has 1 aliphatic carbocycles. The first-order valence-electron chi connectivity index (χ1n) is 12.5. The summed E-state index contributed by atoms with van der Waals surface area (Å²) in [6.45, 7) is 10.7. The lowest BCUT2D eigenvalue weighted by Crippen LogP contribution is -2.25. The summed E-state index contributed by atoms with van der Waals surface area (Å²) in [5.41, 5.74) is 5.71. The molecule has 0 aliphatic heterocycles. The van der Waals surface area contributed by atoms with Crippen molar-refractivity contribution in [3.05, 3.63) is 78.7 Å². The van der Waals surface area contributed by atoms with Crippen LogP contribution in [0.3, 0.4) is 0 Å². The molecular weight excluding hydrogens is 446 g/mol. The molecule has 2 atom stereocenters. The lowest BCUT2D eigenvalue weighted by atomic mass is 9.87. The maximum absolute atomic E-state index is 10.1. The predicted octanol–water partition coefficient (Wildman–Crippen LogP) is 5.86. The Morgan fingerprint density at radius 2 is 2.08 bits per heavy atom. The number of rotatable bonds is 10. The van der Waals surface area contributed by atoms with Gasteiger partial charge in [-0.15, -0.1) is 0 Å². The minimum atomic E-state index is -0.214. The van der Waals surface area contributed by atoms with E-state index in [9.17, 15) is 5.11 Å². The van der Waals surface area contributed by atoms with Crippen molar-refractivity contribution in [2.75, 3.05) is 33.0 Å². The smallest absolute Gasteiger partial charge is 0.161 e. The van der Waals surface area contributed by atoms with Gasteiger partial charge < -0.3 is 15.3 Å². The zero-order chi connectivity index (χ0) is 26.1. The highest BCUT2D eigenvalue weighted by atomic mass is 16.3. The van der Waals surface area contributed by atoms with Crippen molar-refractivity contribution in [1.82, 2.24) is 14.9 Å². The monoisotopic (exact) mass is 485 g/mol. The number of anilines is 1. The molecule has 0 saturated heterocycles. The fourth-order valence-corrected chi connectivity index (χ4v) is 4.51. The van der Waals surface area contributed by atoms with E-state index in [1.165, 1.54) is 0 Å². The van der Waals surface area contributed by atoms with Crippen LogP contribution in [0.25, 0.3) is 22.5 Å². The van der Waals surface area contributed by atoms with E-state index >= 15 is 0 Å². The number of nitrogens with one attached hydrogen (secondary N) is 1. The van der Waals surface area contributed by atoms with E-state index in [0.717, 1.165) is 71.5 Å². The van der Waals surface area contributed by atoms with Crippen molar-refractivity contribution in [2.24, 2.45) is 10.9 Å². The summed E-state index contributed by atoms with van der Waals surface area (Å²) in [5, 5.41) is 13.7. The van der Waals surface area contributed by atoms with Gasteiger partial charge in [0.25, 0.3) is 0 Å². The SMILES string of the molecule is C=C/C(=C\N(C)C)c1cccc(-c2ncc(/C(C=NC)=C/C(=C)C)c(NCC3CCCC(O)C3)n2)c1. The molecule has 2 unspecified atom stereocenters. The molecule has 2 N–H and O–H groups in total. The van der Waals surface area contributed by atoms with E-state index in [1.54, 1.807) is 7.05 Å². The summed E-state index contributed by atoms with van der Waals surface area (Å²) in [6, 6.07) is 8.19. The highest BCUT2D eigenvalue weighted by Gasteiger charge is 2.21. The summed E-state index contributed by atoms with van der Waals surface area (Å²) in [7, 11) is 5.74. The molecule has 1 aromatic heterocycles. The van der Waals surface area contributed by atoms with Crippen LogP contribution in [0.15, 0.2) is 72.5 Å². The molecule has 6 nitrogen and oxygen atoms in total. The molecule has 0 amide bonds. The molecule has 36 heavy (non-hydrogen) atoms. The Hall–Kier alpha value is -3.51. The van der Waals surface area contributed by atoms with Gasteiger partial charge in [-0.3, -0.25) is 4.99 Å². The molecule has 6 heteroatoms. The minimum absolute atomic E-state index is 0.214. The molecule has 1 fully saturated rings. The first-order chi connectivity index (χ1) is 17.3. The van der Waals surface area contributed by atoms with Crippen LogP contribution in [-0.2, 0) is 0 Å². The molecule has 2 aromatic rings. The number of nitrogens with zero attached hydrogens (tertiary/aromatic N) is 4. The molecule has 3 rings (SSSR count). The van der Waals surface area contributed by atoms with Crippen LogP contribution < -0.4 is 5.32 Å². The number of aliphatic hydroxyl groups is 1. The fourth-order valence-electron chi connectivity index (χ4n) is 4.51. The number of hydrogen-bond acceptors (Lipinski definition) is 6. The molecule has 190 valence electrons. The number of benzene rings is 1. The Morgan fingerprint density at radius 3 is 2.75 bits per heavy atom. The van der Waals surface area contributed by atoms with Crippen LogP contribution in [0, 0.1) is 5.92 Å². The Kier molecular flexibility index (Phi) is 9.77. The number of aliphatic hydroxyl groups excluding tert-OH is 1. The maximum Gasteiger partial charge on any atom is 0.161 e. The zero-order valence-electron chi connectivity index (χ0n) is 22.0. The highest BCUT2D eigenvalue weighted by molar-refractivity contribution is 6.12. The number of aliphatic imine (C=N–C) groups is 1.